The van der Waals surface area contributed by atoms with Crippen LogP contribution in [0.15, 0.2) is 18.7 Å². The lowest BCUT2D eigenvalue weighted by atomic mass is 10.4. The average Bonchev–Trinajstić information content (AvgIpc) is 2.88. The fourth-order valence-corrected chi connectivity index (χ4v) is 1.69. The smallest absolute Gasteiger partial charge is 0.203 e. The van der Waals surface area contributed by atoms with E-state index in [0.29, 0.717) is 6.04 Å². The fraction of sp³-hybridized carbons (Fsp3) is 0.545. The van der Waals surface area contributed by atoms with Crippen LogP contribution in [0.1, 0.15) is 25.7 Å². The molecule has 2 rings (SSSR count). The largest absolute Gasteiger partial charge is 0.355 e. The molecule has 0 aromatic carbocycles. The molecule has 0 radical (unpaired) electrons. The minimum Gasteiger partial charge on any atom is -0.355 e. The zero-order valence-electron chi connectivity index (χ0n) is 10.5. The predicted octanol–water partition coefficient (Wildman–Crippen LogP) is 1.25. The van der Waals surface area contributed by atoms with Crippen LogP contribution in [0, 0.1) is 0 Å². The van der Waals surface area contributed by atoms with Gasteiger partial charge in [0.15, 0.2) is 0 Å². The fourth-order valence-electron chi connectivity index (χ4n) is 1.69. The molecule has 0 fully saturated rings. The van der Waals surface area contributed by atoms with Crippen LogP contribution in [0.25, 0.3) is 0 Å². The molecule has 0 saturated heterocycles. The van der Waals surface area contributed by atoms with Gasteiger partial charge in [0.05, 0.1) is 0 Å². The van der Waals surface area contributed by atoms with E-state index in [2.05, 4.69) is 38.9 Å². The molecule has 0 aliphatic carbocycles. The Bertz CT molecular complexity index is 470. The summed E-state index contributed by atoms with van der Waals surface area (Å²) in [6, 6.07) is 0.412. The maximum absolute atomic E-state index is 4.29. The number of imidazole rings is 1. The molecule has 1 N–H and O–H groups in total. The Kier molecular flexibility index (Phi) is 3.41. The van der Waals surface area contributed by atoms with Gasteiger partial charge in [0.25, 0.3) is 0 Å². The van der Waals surface area contributed by atoms with E-state index in [0.717, 1.165) is 24.7 Å². The summed E-state index contributed by atoms with van der Waals surface area (Å²) in [7, 11) is 1.95. The number of aryl methyl sites for hydroxylation is 1. The van der Waals surface area contributed by atoms with Crippen molar-refractivity contribution < 1.29 is 0 Å². The van der Waals surface area contributed by atoms with Crippen LogP contribution < -0.4 is 5.32 Å². The summed E-state index contributed by atoms with van der Waals surface area (Å²) in [5, 5.41) is 11.2. The van der Waals surface area contributed by atoms with Crippen molar-refractivity contribution in [1.82, 2.24) is 24.3 Å². The summed E-state index contributed by atoms with van der Waals surface area (Å²) in [5.74, 6) is 1.88. The molecule has 0 atom stereocenters. The van der Waals surface area contributed by atoms with Gasteiger partial charge in [-0.05, 0) is 13.8 Å². The summed E-state index contributed by atoms with van der Waals surface area (Å²) in [5.41, 5.74) is 0. The number of nitrogens with zero attached hydrogens (tertiary/aromatic N) is 5. The summed E-state index contributed by atoms with van der Waals surface area (Å²) in [6.07, 6.45) is 6.34. The molecule has 6 nitrogen and oxygen atoms in total. The molecular weight excluding hydrogens is 216 g/mol. The predicted molar refractivity (Wildman–Crippen MR) is 65.8 cm³/mol. The Morgan fingerprint density at radius 1 is 1.41 bits per heavy atom. The van der Waals surface area contributed by atoms with E-state index in [1.165, 1.54) is 0 Å². The SMILES string of the molecule is CC(C)n1ccnc1NCCc1nncn1C. The molecule has 0 amide bonds. The lowest BCUT2D eigenvalue weighted by Crippen LogP contribution is -2.13. The molecule has 92 valence electrons. The molecule has 0 saturated carbocycles. The molecule has 2 aromatic heterocycles. The van der Waals surface area contributed by atoms with Crippen molar-refractivity contribution in [3.63, 3.8) is 0 Å². The van der Waals surface area contributed by atoms with E-state index in [9.17, 15) is 0 Å². The number of hydrogen-bond donors (Lipinski definition) is 1. The van der Waals surface area contributed by atoms with Crippen LogP contribution in [-0.4, -0.2) is 30.9 Å². The van der Waals surface area contributed by atoms with Gasteiger partial charge in [-0.25, -0.2) is 4.98 Å². The van der Waals surface area contributed by atoms with Gasteiger partial charge < -0.3 is 14.5 Å². The highest BCUT2D eigenvalue weighted by atomic mass is 15.3. The van der Waals surface area contributed by atoms with Gasteiger partial charge in [-0.15, -0.1) is 10.2 Å². The van der Waals surface area contributed by atoms with Crippen LogP contribution in [0.3, 0.4) is 0 Å². The highest BCUT2D eigenvalue weighted by Crippen LogP contribution is 2.12. The summed E-state index contributed by atoms with van der Waals surface area (Å²) < 4.78 is 4.03. The van der Waals surface area contributed by atoms with Crippen molar-refractivity contribution in [2.45, 2.75) is 26.3 Å². The quantitative estimate of drug-likeness (QED) is 0.845. The lowest BCUT2D eigenvalue weighted by molar-refractivity contribution is 0.604. The Hall–Kier alpha value is -1.85. The summed E-state index contributed by atoms with van der Waals surface area (Å²) in [6.45, 7) is 5.07. The van der Waals surface area contributed by atoms with Crippen LogP contribution in [0.2, 0.25) is 0 Å². The monoisotopic (exact) mass is 234 g/mol. The second-order valence-corrected chi connectivity index (χ2v) is 4.29. The van der Waals surface area contributed by atoms with Gasteiger partial charge >= 0.3 is 0 Å². The van der Waals surface area contributed by atoms with E-state index in [4.69, 9.17) is 0 Å². The third-order valence-corrected chi connectivity index (χ3v) is 2.66. The first-order valence-electron chi connectivity index (χ1n) is 5.78. The van der Waals surface area contributed by atoms with E-state index >= 15 is 0 Å². The number of anilines is 1. The number of rotatable bonds is 5. The van der Waals surface area contributed by atoms with Crippen molar-refractivity contribution in [3.05, 3.63) is 24.5 Å². The van der Waals surface area contributed by atoms with Crippen LogP contribution in [0.5, 0.6) is 0 Å². The molecule has 2 heterocycles. The maximum atomic E-state index is 4.29. The lowest BCUT2D eigenvalue weighted by Gasteiger charge is -2.12. The van der Waals surface area contributed by atoms with Crippen LogP contribution in [0.4, 0.5) is 5.95 Å². The highest BCUT2D eigenvalue weighted by Gasteiger charge is 2.05. The highest BCUT2D eigenvalue weighted by molar-refractivity contribution is 5.26. The minimum atomic E-state index is 0.412. The molecular formula is C11H18N6. The van der Waals surface area contributed by atoms with Crippen LogP contribution in [-0.2, 0) is 13.5 Å². The molecule has 2 aromatic rings. The first-order chi connectivity index (χ1) is 8.18. The van der Waals surface area contributed by atoms with Gasteiger partial charge in [-0.3, -0.25) is 0 Å². The van der Waals surface area contributed by atoms with E-state index in [1.807, 2.05) is 24.0 Å². The second kappa shape index (κ2) is 4.99. The topological polar surface area (TPSA) is 60.6 Å². The van der Waals surface area contributed by atoms with E-state index in [-0.39, 0.29) is 0 Å². The normalized spacial score (nSPS) is 11.1. The summed E-state index contributed by atoms with van der Waals surface area (Å²) >= 11 is 0. The number of aromatic nitrogens is 5. The van der Waals surface area contributed by atoms with Gasteiger partial charge in [-0.2, -0.15) is 0 Å². The first kappa shape index (κ1) is 11.6. The maximum Gasteiger partial charge on any atom is 0.203 e. The molecule has 6 heteroatoms. The van der Waals surface area contributed by atoms with Crippen molar-refractivity contribution in [1.29, 1.82) is 0 Å². The molecule has 0 aliphatic rings. The second-order valence-electron chi connectivity index (χ2n) is 4.29. The molecule has 0 aliphatic heterocycles. The average molecular weight is 234 g/mol. The Morgan fingerprint density at radius 3 is 2.88 bits per heavy atom. The van der Waals surface area contributed by atoms with Crippen molar-refractivity contribution in [2.75, 3.05) is 11.9 Å². The van der Waals surface area contributed by atoms with E-state index in [1.54, 1.807) is 6.33 Å². The van der Waals surface area contributed by atoms with Crippen molar-refractivity contribution in [3.8, 4) is 0 Å². The first-order valence-corrected chi connectivity index (χ1v) is 5.78. The third kappa shape index (κ3) is 2.64. The Labute approximate surface area is 101 Å². The van der Waals surface area contributed by atoms with Gasteiger partial charge in [-0.1, -0.05) is 0 Å². The van der Waals surface area contributed by atoms with Gasteiger partial charge in [0.2, 0.25) is 5.95 Å². The van der Waals surface area contributed by atoms with Gasteiger partial charge in [0.1, 0.15) is 12.2 Å². The number of hydrogen-bond acceptors (Lipinski definition) is 4. The Balaban J connectivity index is 1.90. The minimum absolute atomic E-state index is 0.412. The standard InChI is InChI=1S/C11H18N6/c1-9(2)17-7-6-13-11(17)12-5-4-10-15-14-8-16(10)3/h6-9H,4-5H2,1-3H3,(H,12,13). The molecule has 0 unspecified atom stereocenters. The Morgan fingerprint density at radius 2 is 2.24 bits per heavy atom. The van der Waals surface area contributed by atoms with Crippen molar-refractivity contribution in [2.24, 2.45) is 7.05 Å². The molecule has 17 heavy (non-hydrogen) atoms. The summed E-state index contributed by atoms with van der Waals surface area (Å²) in [4.78, 5) is 4.29. The van der Waals surface area contributed by atoms with Gasteiger partial charge in [0, 0.05) is 38.4 Å². The van der Waals surface area contributed by atoms with E-state index < -0.39 is 0 Å². The third-order valence-electron chi connectivity index (χ3n) is 2.66. The zero-order valence-corrected chi connectivity index (χ0v) is 10.5. The molecule has 0 bridgehead atoms. The van der Waals surface area contributed by atoms with Crippen molar-refractivity contribution >= 4 is 5.95 Å². The number of nitrogens with one attached hydrogen (secondary N) is 1. The van der Waals surface area contributed by atoms with Crippen LogP contribution >= 0.6 is 0 Å². The zero-order chi connectivity index (χ0) is 12.3. The molecule has 0 spiro atoms.